The Balaban J connectivity index is 2.73. The van der Waals surface area contributed by atoms with E-state index in [-0.39, 0.29) is 6.61 Å². The molecule has 0 saturated carbocycles. The zero-order valence-electron chi connectivity index (χ0n) is 7.41. The topological polar surface area (TPSA) is 20.2 Å². The second kappa shape index (κ2) is 5.95. The Bertz CT molecular complexity index is 281. The van der Waals surface area contributed by atoms with Crippen LogP contribution in [0.5, 0.6) is 0 Å². The van der Waals surface area contributed by atoms with Gasteiger partial charge in [-0.3, -0.25) is 0 Å². The molecule has 0 fully saturated rings. The van der Waals surface area contributed by atoms with E-state index >= 15 is 0 Å². The van der Waals surface area contributed by atoms with E-state index in [1.807, 2.05) is 12.1 Å². The number of rotatable bonds is 4. The second-order valence-corrected chi connectivity index (χ2v) is 3.42. The molecule has 13 heavy (non-hydrogen) atoms. The summed E-state index contributed by atoms with van der Waals surface area (Å²) in [6.45, 7) is 0.214. The molecule has 1 aromatic carbocycles. The molecule has 0 spiro atoms. The monoisotopic (exact) mass is 240 g/mol. The summed E-state index contributed by atoms with van der Waals surface area (Å²) in [6.07, 6.45) is 4.85. The van der Waals surface area contributed by atoms with Gasteiger partial charge < -0.3 is 5.11 Å². The quantitative estimate of drug-likeness (QED) is 0.803. The van der Waals surface area contributed by atoms with Gasteiger partial charge >= 0.3 is 0 Å². The molecule has 0 saturated heterocycles. The van der Waals surface area contributed by atoms with Crippen molar-refractivity contribution >= 4 is 22.0 Å². The fourth-order valence-corrected chi connectivity index (χ4v) is 1.35. The highest BCUT2D eigenvalue weighted by Crippen LogP contribution is 2.07. The van der Waals surface area contributed by atoms with Gasteiger partial charge in [0, 0.05) is 11.9 Å². The fraction of sp³-hybridized carbons (Fsp3) is 0.273. The zero-order valence-corrected chi connectivity index (χ0v) is 9.00. The molecule has 0 amide bonds. The minimum atomic E-state index is 0.214. The molecular formula is C11H13BrO. The van der Waals surface area contributed by atoms with Crippen LogP contribution in [-0.2, 0) is 6.42 Å². The molecule has 0 aliphatic rings. The third kappa shape index (κ3) is 3.75. The lowest BCUT2D eigenvalue weighted by atomic mass is 10.1. The van der Waals surface area contributed by atoms with Crippen molar-refractivity contribution in [2.45, 2.75) is 6.42 Å². The van der Waals surface area contributed by atoms with E-state index in [9.17, 15) is 0 Å². The van der Waals surface area contributed by atoms with E-state index in [2.05, 4.69) is 40.2 Å². The molecular weight excluding hydrogens is 228 g/mol. The van der Waals surface area contributed by atoms with Gasteiger partial charge in [-0.2, -0.15) is 0 Å². The summed E-state index contributed by atoms with van der Waals surface area (Å²) in [7, 11) is 0. The van der Waals surface area contributed by atoms with E-state index in [1.165, 1.54) is 11.1 Å². The minimum Gasteiger partial charge on any atom is -0.396 e. The second-order valence-electron chi connectivity index (χ2n) is 2.78. The van der Waals surface area contributed by atoms with Crippen molar-refractivity contribution in [3.63, 3.8) is 0 Å². The highest BCUT2D eigenvalue weighted by atomic mass is 79.9. The first-order chi connectivity index (χ1) is 6.36. The highest BCUT2D eigenvalue weighted by molar-refractivity contribution is 9.09. The van der Waals surface area contributed by atoms with Crippen molar-refractivity contribution in [1.82, 2.24) is 0 Å². The molecule has 1 nitrogen and oxygen atoms in total. The molecule has 1 aromatic rings. The van der Waals surface area contributed by atoms with Crippen LogP contribution < -0.4 is 0 Å². The normalized spacial score (nSPS) is 10.9. The summed E-state index contributed by atoms with van der Waals surface area (Å²) in [5.41, 5.74) is 2.37. The molecule has 0 atom stereocenters. The SMILES string of the molecule is OCCc1cccc(C=CCBr)c1. The number of aliphatic hydroxyl groups excluding tert-OH is 1. The lowest BCUT2D eigenvalue weighted by molar-refractivity contribution is 0.299. The molecule has 0 radical (unpaired) electrons. The maximum atomic E-state index is 8.76. The number of hydrogen-bond acceptors (Lipinski definition) is 1. The van der Waals surface area contributed by atoms with Gasteiger partial charge in [-0.1, -0.05) is 52.3 Å². The van der Waals surface area contributed by atoms with Crippen LogP contribution in [0, 0.1) is 0 Å². The number of alkyl halides is 1. The van der Waals surface area contributed by atoms with Crippen molar-refractivity contribution in [2.75, 3.05) is 11.9 Å². The Morgan fingerprint density at radius 1 is 1.38 bits per heavy atom. The number of allylic oxidation sites excluding steroid dienone is 1. The molecule has 0 aromatic heterocycles. The number of aliphatic hydroxyl groups is 1. The van der Waals surface area contributed by atoms with Gasteiger partial charge in [-0.15, -0.1) is 0 Å². The van der Waals surface area contributed by atoms with Crippen molar-refractivity contribution in [3.8, 4) is 0 Å². The van der Waals surface area contributed by atoms with Crippen LogP contribution in [0.25, 0.3) is 6.08 Å². The first kappa shape index (κ1) is 10.5. The van der Waals surface area contributed by atoms with Crippen LogP contribution >= 0.6 is 15.9 Å². The predicted molar refractivity (Wildman–Crippen MR) is 60.1 cm³/mol. The Hall–Kier alpha value is -0.600. The summed E-state index contributed by atoms with van der Waals surface area (Å²) in [5.74, 6) is 0. The van der Waals surface area contributed by atoms with Gasteiger partial charge in [0.25, 0.3) is 0 Å². The third-order valence-electron chi connectivity index (χ3n) is 1.75. The summed E-state index contributed by atoms with van der Waals surface area (Å²) in [5, 5.41) is 9.63. The lowest BCUT2D eigenvalue weighted by Crippen LogP contribution is -1.90. The Labute approximate surface area is 87.2 Å². The Morgan fingerprint density at radius 3 is 2.92 bits per heavy atom. The van der Waals surface area contributed by atoms with Crippen molar-refractivity contribution in [1.29, 1.82) is 0 Å². The maximum absolute atomic E-state index is 8.76. The number of halogens is 1. The molecule has 2 heteroatoms. The summed E-state index contributed by atoms with van der Waals surface area (Å²) >= 11 is 3.33. The van der Waals surface area contributed by atoms with Gasteiger partial charge in [0.1, 0.15) is 0 Å². The highest BCUT2D eigenvalue weighted by Gasteiger charge is 1.91. The van der Waals surface area contributed by atoms with Crippen LogP contribution in [0.1, 0.15) is 11.1 Å². The molecule has 0 aliphatic carbocycles. The lowest BCUT2D eigenvalue weighted by Gasteiger charge is -1.99. The van der Waals surface area contributed by atoms with E-state index < -0.39 is 0 Å². The fourth-order valence-electron chi connectivity index (χ4n) is 1.16. The van der Waals surface area contributed by atoms with Gasteiger partial charge in [0.05, 0.1) is 0 Å². The van der Waals surface area contributed by atoms with Crippen LogP contribution in [-0.4, -0.2) is 17.0 Å². The smallest absolute Gasteiger partial charge is 0.0471 e. The molecule has 0 aliphatic heterocycles. The first-order valence-electron chi connectivity index (χ1n) is 4.29. The maximum Gasteiger partial charge on any atom is 0.0471 e. The molecule has 0 unspecified atom stereocenters. The third-order valence-corrected chi connectivity index (χ3v) is 2.12. The summed E-state index contributed by atoms with van der Waals surface area (Å²) in [6, 6.07) is 8.19. The molecule has 1 N–H and O–H groups in total. The minimum absolute atomic E-state index is 0.214. The largest absolute Gasteiger partial charge is 0.396 e. The molecule has 0 bridgehead atoms. The van der Waals surface area contributed by atoms with Crippen LogP contribution in [0.3, 0.4) is 0 Å². The average Bonchev–Trinajstić information content (AvgIpc) is 2.16. The van der Waals surface area contributed by atoms with Crippen molar-refractivity contribution in [3.05, 3.63) is 41.5 Å². The molecule has 1 rings (SSSR count). The summed E-state index contributed by atoms with van der Waals surface area (Å²) < 4.78 is 0. The van der Waals surface area contributed by atoms with E-state index in [0.717, 1.165) is 11.8 Å². The van der Waals surface area contributed by atoms with Crippen LogP contribution in [0.4, 0.5) is 0 Å². The Morgan fingerprint density at radius 2 is 2.23 bits per heavy atom. The zero-order chi connectivity index (χ0) is 9.52. The molecule has 70 valence electrons. The van der Waals surface area contributed by atoms with E-state index in [1.54, 1.807) is 0 Å². The van der Waals surface area contributed by atoms with Crippen LogP contribution in [0.15, 0.2) is 30.3 Å². The molecule has 0 heterocycles. The van der Waals surface area contributed by atoms with Gasteiger partial charge in [-0.25, -0.2) is 0 Å². The standard InChI is InChI=1S/C11H13BrO/c12-7-2-5-10-3-1-4-11(9-10)6-8-13/h1-5,9,13H,6-8H2. The van der Waals surface area contributed by atoms with Gasteiger partial charge in [0.2, 0.25) is 0 Å². The van der Waals surface area contributed by atoms with E-state index in [0.29, 0.717) is 0 Å². The van der Waals surface area contributed by atoms with Gasteiger partial charge in [0.15, 0.2) is 0 Å². The number of benzene rings is 1. The predicted octanol–water partition coefficient (Wildman–Crippen LogP) is 2.63. The van der Waals surface area contributed by atoms with E-state index in [4.69, 9.17) is 5.11 Å². The van der Waals surface area contributed by atoms with Crippen LogP contribution in [0.2, 0.25) is 0 Å². The average molecular weight is 241 g/mol. The van der Waals surface area contributed by atoms with Crippen molar-refractivity contribution < 1.29 is 5.11 Å². The van der Waals surface area contributed by atoms with Crippen molar-refractivity contribution in [2.24, 2.45) is 0 Å². The first-order valence-corrected chi connectivity index (χ1v) is 5.41. The Kier molecular flexibility index (Phi) is 4.79. The van der Waals surface area contributed by atoms with Gasteiger partial charge in [-0.05, 0) is 17.5 Å². The number of hydrogen-bond donors (Lipinski definition) is 1. The summed E-state index contributed by atoms with van der Waals surface area (Å²) in [4.78, 5) is 0.